The van der Waals surface area contributed by atoms with Gasteiger partial charge in [0, 0.05) is 19.4 Å². The third-order valence-electron chi connectivity index (χ3n) is 5.24. The number of carbonyl (C=O) groups is 2. The first kappa shape index (κ1) is 32.3. The van der Waals surface area contributed by atoms with Crippen LogP contribution in [-0.4, -0.2) is 58.5 Å². The van der Waals surface area contributed by atoms with Crippen LogP contribution in [0.2, 0.25) is 0 Å². The summed E-state index contributed by atoms with van der Waals surface area (Å²) >= 11 is 0. The molecule has 0 spiro atoms. The van der Waals surface area contributed by atoms with Crippen LogP contribution in [0, 0.1) is 0 Å². The predicted octanol–water partition coefficient (Wildman–Crippen LogP) is 6.09. The van der Waals surface area contributed by atoms with Crippen LogP contribution in [0.15, 0.2) is 60.7 Å². The molecule has 39 heavy (non-hydrogen) atoms. The zero-order valence-electron chi connectivity index (χ0n) is 22.6. The third-order valence-corrected chi connectivity index (χ3v) is 6.98. The second kappa shape index (κ2) is 20.1. The molecule has 0 amide bonds. The first-order chi connectivity index (χ1) is 19.0. The molecular weight excluding hydrogens is 525 g/mol. The third kappa shape index (κ3) is 15.9. The Balaban J connectivity index is 1.47. The minimum Gasteiger partial charge on any atom is -0.434 e. The van der Waals surface area contributed by atoms with Crippen LogP contribution < -0.4 is 5.09 Å². The van der Waals surface area contributed by atoms with E-state index in [0.29, 0.717) is 32.2 Å². The van der Waals surface area contributed by atoms with Crippen LogP contribution in [0.25, 0.3) is 0 Å². The van der Waals surface area contributed by atoms with Gasteiger partial charge in [0.1, 0.15) is 0 Å². The Labute approximate surface area is 230 Å². The van der Waals surface area contributed by atoms with Gasteiger partial charge in [0.05, 0.1) is 39.6 Å². The fourth-order valence-electron chi connectivity index (χ4n) is 3.36. The highest BCUT2D eigenvalue weighted by atomic mass is 31.2. The molecule has 11 heteroatoms. The maximum Gasteiger partial charge on any atom is 0.508 e. The Kier molecular flexibility index (Phi) is 16.6. The van der Waals surface area contributed by atoms with E-state index < -0.39 is 20.1 Å². The Hall–Kier alpha value is -2.91. The Morgan fingerprint density at radius 1 is 0.615 bits per heavy atom. The Morgan fingerprint density at radius 3 is 1.38 bits per heavy atom. The molecule has 0 atom stereocenters. The van der Waals surface area contributed by atoms with Crippen LogP contribution in [0.1, 0.15) is 43.7 Å². The SMILES string of the molecule is CCNP(=O)(OCCCOC(=O)OCCCc1ccccc1)OCCCOC(=O)OCCCc1ccccc1. The van der Waals surface area contributed by atoms with Crippen LogP contribution >= 0.6 is 7.75 Å². The van der Waals surface area contributed by atoms with Crippen molar-refractivity contribution in [2.24, 2.45) is 0 Å². The van der Waals surface area contributed by atoms with Gasteiger partial charge in [0.25, 0.3) is 0 Å². The highest BCUT2D eigenvalue weighted by Crippen LogP contribution is 2.43. The average Bonchev–Trinajstić information content (AvgIpc) is 2.94. The molecule has 0 unspecified atom stereocenters. The van der Waals surface area contributed by atoms with Gasteiger partial charge in [0.2, 0.25) is 0 Å². The van der Waals surface area contributed by atoms with Crippen molar-refractivity contribution in [3.63, 3.8) is 0 Å². The summed E-state index contributed by atoms with van der Waals surface area (Å²) in [5.41, 5.74) is 2.36. The number of aryl methyl sites for hydroxylation is 2. The predicted molar refractivity (Wildman–Crippen MR) is 147 cm³/mol. The van der Waals surface area contributed by atoms with Gasteiger partial charge in [-0.3, -0.25) is 9.05 Å². The second-order valence-electron chi connectivity index (χ2n) is 8.45. The number of benzene rings is 2. The van der Waals surface area contributed by atoms with E-state index >= 15 is 0 Å². The van der Waals surface area contributed by atoms with Crippen molar-refractivity contribution in [1.29, 1.82) is 0 Å². The number of nitrogens with one attached hydrogen (secondary N) is 1. The van der Waals surface area contributed by atoms with Crippen LogP contribution in [0.3, 0.4) is 0 Å². The molecule has 2 aromatic carbocycles. The van der Waals surface area contributed by atoms with Gasteiger partial charge in [-0.05, 0) is 36.8 Å². The fourth-order valence-corrected chi connectivity index (χ4v) is 4.74. The van der Waals surface area contributed by atoms with Gasteiger partial charge >= 0.3 is 20.1 Å². The van der Waals surface area contributed by atoms with Gasteiger partial charge in [-0.25, -0.2) is 19.2 Å². The van der Waals surface area contributed by atoms with E-state index in [2.05, 4.69) is 5.09 Å². The van der Waals surface area contributed by atoms with E-state index in [9.17, 15) is 14.2 Å². The summed E-state index contributed by atoms with van der Waals surface area (Å²) in [6.07, 6.45) is 2.17. The normalized spacial score (nSPS) is 11.1. The summed E-state index contributed by atoms with van der Waals surface area (Å²) in [7, 11) is -3.54. The molecule has 0 radical (unpaired) electrons. The second-order valence-corrected chi connectivity index (χ2v) is 10.3. The van der Waals surface area contributed by atoms with Crippen molar-refractivity contribution in [2.45, 2.75) is 45.4 Å². The van der Waals surface area contributed by atoms with E-state index in [-0.39, 0.29) is 39.6 Å². The molecule has 0 saturated heterocycles. The minimum atomic E-state index is -3.54. The average molecular weight is 566 g/mol. The molecule has 0 bridgehead atoms. The number of hydrogen-bond acceptors (Lipinski definition) is 9. The molecule has 0 aliphatic heterocycles. The summed E-state index contributed by atoms with van der Waals surface area (Å²) in [6.45, 7) is 2.90. The summed E-state index contributed by atoms with van der Waals surface area (Å²) in [5.74, 6) is 0. The van der Waals surface area contributed by atoms with Gasteiger partial charge in [0.15, 0.2) is 0 Å². The summed E-state index contributed by atoms with van der Waals surface area (Å²) in [4.78, 5) is 23.4. The molecule has 0 saturated carbocycles. The number of hydrogen-bond donors (Lipinski definition) is 1. The van der Waals surface area contributed by atoms with Crippen LogP contribution in [0.4, 0.5) is 9.59 Å². The van der Waals surface area contributed by atoms with E-state index in [1.54, 1.807) is 6.92 Å². The zero-order valence-corrected chi connectivity index (χ0v) is 23.5. The summed E-state index contributed by atoms with van der Waals surface area (Å²) in [5, 5.41) is 2.70. The lowest BCUT2D eigenvalue weighted by Crippen LogP contribution is -2.17. The van der Waals surface area contributed by atoms with Crippen molar-refractivity contribution in [2.75, 3.05) is 46.2 Å². The Morgan fingerprint density at radius 2 is 1.00 bits per heavy atom. The van der Waals surface area contributed by atoms with Gasteiger partial charge in [-0.15, -0.1) is 0 Å². The van der Waals surface area contributed by atoms with Crippen molar-refractivity contribution in [1.82, 2.24) is 5.09 Å². The maximum atomic E-state index is 12.8. The lowest BCUT2D eigenvalue weighted by atomic mass is 10.1. The molecule has 216 valence electrons. The quantitative estimate of drug-likeness (QED) is 0.115. The summed E-state index contributed by atoms with van der Waals surface area (Å²) in [6, 6.07) is 19.9. The molecule has 2 rings (SSSR count). The highest BCUT2D eigenvalue weighted by molar-refractivity contribution is 7.51. The summed E-state index contributed by atoms with van der Waals surface area (Å²) < 4.78 is 43.7. The lowest BCUT2D eigenvalue weighted by molar-refractivity contribution is 0.0498. The molecule has 10 nitrogen and oxygen atoms in total. The minimum absolute atomic E-state index is 0.0529. The van der Waals surface area contributed by atoms with Crippen LogP contribution in [-0.2, 0) is 45.4 Å². The zero-order chi connectivity index (χ0) is 28.0. The highest BCUT2D eigenvalue weighted by Gasteiger charge is 2.23. The van der Waals surface area contributed by atoms with Gasteiger partial charge < -0.3 is 18.9 Å². The van der Waals surface area contributed by atoms with E-state index in [1.807, 2.05) is 60.7 Å². The molecular formula is C28H40NO9P. The first-order valence-electron chi connectivity index (χ1n) is 13.3. The lowest BCUT2D eigenvalue weighted by Gasteiger charge is -2.18. The van der Waals surface area contributed by atoms with E-state index in [0.717, 1.165) is 12.8 Å². The maximum absolute atomic E-state index is 12.8. The topological polar surface area (TPSA) is 119 Å². The number of carbonyl (C=O) groups excluding carboxylic acids is 2. The van der Waals surface area contributed by atoms with E-state index in [4.69, 9.17) is 28.0 Å². The monoisotopic (exact) mass is 565 g/mol. The molecule has 0 aliphatic rings. The Bertz CT molecular complexity index is 902. The standard InChI is InChI=1S/C28H40NO9P/c1-2-29-39(32,37-23-11-21-35-27(30)33-19-9-17-25-13-5-3-6-14-25)38-24-12-22-36-28(31)34-20-10-18-26-15-7-4-8-16-26/h3-8,13-16H,2,9-12,17-24H2,1H3,(H,29,32). The smallest absolute Gasteiger partial charge is 0.434 e. The van der Waals surface area contributed by atoms with Gasteiger partial charge in [-0.2, -0.15) is 0 Å². The van der Waals surface area contributed by atoms with E-state index in [1.165, 1.54) is 11.1 Å². The molecule has 0 heterocycles. The van der Waals surface area contributed by atoms with Crippen molar-refractivity contribution >= 4 is 20.1 Å². The van der Waals surface area contributed by atoms with Crippen LogP contribution in [0.5, 0.6) is 0 Å². The fraction of sp³-hybridized carbons (Fsp3) is 0.500. The first-order valence-corrected chi connectivity index (χ1v) is 14.9. The molecule has 0 fully saturated rings. The largest absolute Gasteiger partial charge is 0.508 e. The van der Waals surface area contributed by atoms with Crippen molar-refractivity contribution in [3.05, 3.63) is 71.8 Å². The van der Waals surface area contributed by atoms with Crippen molar-refractivity contribution in [3.8, 4) is 0 Å². The molecule has 1 N–H and O–H groups in total. The molecule has 0 aliphatic carbocycles. The van der Waals surface area contributed by atoms with Crippen molar-refractivity contribution < 1.29 is 42.1 Å². The molecule has 0 aromatic heterocycles. The molecule has 2 aromatic rings. The van der Waals surface area contributed by atoms with Gasteiger partial charge in [-0.1, -0.05) is 67.6 Å². The number of ether oxygens (including phenoxy) is 4. The number of rotatable bonds is 20.